The van der Waals surface area contributed by atoms with Crippen LogP contribution in [0.1, 0.15) is 10.7 Å². The van der Waals surface area contributed by atoms with Crippen LogP contribution in [0.15, 0.2) is 35.1 Å². The summed E-state index contributed by atoms with van der Waals surface area (Å²) in [5.74, 6) is 0.754. The number of nitrogens with zero attached hydrogens (tertiary/aromatic N) is 3. The van der Waals surface area contributed by atoms with Gasteiger partial charge in [0.05, 0.1) is 0 Å². The van der Waals surface area contributed by atoms with Gasteiger partial charge in [-0.25, -0.2) is 4.98 Å². The van der Waals surface area contributed by atoms with Crippen molar-refractivity contribution in [3.05, 3.63) is 51.4 Å². The van der Waals surface area contributed by atoms with Gasteiger partial charge < -0.3 is 10.1 Å². The molecule has 0 spiro atoms. The van der Waals surface area contributed by atoms with Gasteiger partial charge in [-0.05, 0) is 31.2 Å². The first-order valence-corrected chi connectivity index (χ1v) is 7.24. The lowest BCUT2D eigenvalue weighted by Crippen LogP contribution is -2.14. The topological polar surface area (TPSA) is 68.5 Å². The third kappa shape index (κ3) is 2.87. The monoisotopic (exact) mass is 302 g/mol. The quantitative estimate of drug-likeness (QED) is 0.799. The average Bonchev–Trinajstić information content (AvgIpc) is 2.89. The van der Waals surface area contributed by atoms with Gasteiger partial charge in [0.25, 0.3) is 5.56 Å². The van der Waals surface area contributed by atoms with Gasteiger partial charge in [0.15, 0.2) is 5.01 Å². The highest BCUT2D eigenvalue weighted by Gasteiger charge is 2.08. The molecular formula is C14H14N4O2S. The summed E-state index contributed by atoms with van der Waals surface area (Å²) >= 11 is 1.36. The molecule has 0 amide bonds. The lowest BCUT2D eigenvalue weighted by atomic mass is 10.3. The minimum atomic E-state index is -0.168. The predicted octanol–water partition coefficient (Wildman–Crippen LogP) is 2.08. The Morgan fingerprint density at radius 2 is 2.10 bits per heavy atom. The van der Waals surface area contributed by atoms with Gasteiger partial charge in [-0.2, -0.15) is 9.61 Å². The summed E-state index contributed by atoms with van der Waals surface area (Å²) in [7, 11) is 1.86. The molecule has 0 aliphatic heterocycles. The maximum Gasteiger partial charge on any atom is 0.275 e. The molecule has 21 heavy (non-hydrogen) atoms. The van der Waals surface area contributed by atoms with Crippen LogP contribution in [0.4, 0.5) is 5.69 Å². The first-order chi connectivity index (χ1) is 10.2. The Labute approximate surface area is 125 Å². The van der Waals surface area contributed by atoms with E-state index in [0.29, 0.717) is 22.3 Å². The van der Waals surface area contributed by atoms with Crippen molar-refractivity contribution >= 4 is 22.0 Å². The first-order valence-electron chi connectivity index (χ1n) is 6.43. The zero-order valence-electron chi connectivity index (χ0n) is 11.7. The molecule has 3 rings (SSSR count). The van der Waals surface area contributed by atoms with Crippen molar-refractivity contribution in [2.45, 2.75) is 13.5 Å². The molecule has 1 N–H and O–H groups in total. The van der Waals surface area contributed by atoms with E-state index in [1.165, 1.54) is 21.9 Å². The Morgan fingerprint density at radius 3 is 2.81 bits per heavy atom. The first kappa shape index (κ1) is 13.6. The number of anilines is 1. The predicted molar refractivity (Wildman–Crippen MR) is 82.2 cm³/mol. The number of aromatic nitrogens is 3. The maximum atomic E-state index is 11.8. The van der Waals surface area contributed by atoms with Gasteiger partial charge in [-0.1, -0.05) is 11.3 Å². The van der Waals surface area contributed by atoms with Gasteiger partial charge in [-0.3, -0.25) is 4.79 Å². The fraction of sp³-hybridized carbons (Fsp3) is 0.214. The van der Waals surface area contributed by atoms with E-state index in [1.807, 2.05) is 31.3 Å². The van der Waals surface area contributed by atoms with E-state index in [0.717, 1.165) is 11.4 Å². The van der Waals surface area contributed by atoms with Crippen molar-refractivity contribution in [2.75, 3.05) is 12.4 Å². The van der Waals surface area contributed by atoms with Gasteiger partial charge in [-0.15, -0.1) is 0 Å². The SMILES string of the molecule is CNc1ccc(OCc2nn3c(=O)cc(C)nc3s2)cc1. The van der Waals surface area contributed by atoms with Crippen LogP contribution in [-0.4, -0.2) is 21.6 Å². The zero-order chi connectivity index (χ0) is 14.8. The largest absolute Gasteiger partial charge is 0.486 e. The van der Waals surface area contributed by atoms with Crippen molar-refractivity contribution in [3.8, 4) is 5.75 Å². The number of hydrogen-bond acceptors (Lipinski definition) is 6. The molecule has 3 aromatic rings. The van der Waals surface area contributed by atoms with Crippen LogP contribution in [-0.2, 0) is 6.61 Å². The molecule has 2 aromatic heterocycles. The molecule has 0 aliphatic rings. The summed E-state index contributed by atoms with van der Waals surface area (Å²) in [6.07, 6.45) is 0. The standard InChI is InChI=1S/C14H14N4O2S/c1-9-7-13(19)18-14(16-9)21-12(17-18)8-20-11-5-3-10(15-2)4-6-11/h3-7,15H,8H2,1-2H3. The normalized spacial score (nSPS) is 10.8. The fourth-order valence-corrected chi connectivity index (χ4v) is 2.74. The van der Waals surface area contributed by atoms with Crippen molar-refractivity contribution in [2.24, 2.45) is 0 Å². The highest BCUT2D eigenvalue weighted by Crippen LogP contribution is 2.18. The summed E-state index contributed by atoms with van der Waals surface area (Å²) < 4.78 is 6.97. The minimum absolute atomic E-state index is 0.168. The summed E-state index contributed by atoms with van der Waals surface area (Å²) in [6, 6.07) is 9.10. The van der Waals surface area contributed by atoms with E-state index in [2.05, 4.69) is 15.4 Å². The Morgan fingerprint density at radius 1 is 1.33 bits per heavy atom. The number of rotatable bonds is 4. The minimum Gasteiger partial charge on any atom is -0.486 e. The number of benzene rings is 1. The van der Waals surface area contributed by atoms with E-state index < -0.39 is 0 Å². The molecule has 0 saturated heterocycles. The van der Waals surface area contributed by atoms with Crippen LogP contribution >= 0.6 is 11.3 Å². The molecule has 1 aromatic carbocycles. The van der Waals surface area contributed by atoms with Gasteiger partial charge in [0.1, 0.15) is 12.4 Å². The number of fused-ring (bicyclic) bond motifs is 1. The zero-order valence-corrected chi connectivity index (χ0v) is 12.5. The molecule has 0 unspecified atom stereocenters. The summed E-state index contributed by atoms with van der Waals surface area (Å²) in [5, 5.41) is 7.98. The van der Waals surface area contributed by atoms with Crippen molar-refractivity contribution in [3.63, 3.8) is 0 Å². The second-order valence-corrected chi connectivity index (χ2v) is 5.53. The van der Waals surface area contributed by atoms with E-state index in [1.54, 1.807) is 6.92 Å². The number of nitrogens with one attached hydrogen (secondary N) is 1. The lowest BCUT2D eigenvalue weighted by molar-refractivity contribution is 0.304. The smallest absolute Gasteiger partial charge is 0.275 e. The van der Waals surface area contributed by atoms with Gasteiger partial charge >= 0.3 is 0 Å². The van der Waals surface area contributed by atoms with Crippen LogP contribution < -0.4 is 15.6 Å². The molecule has 2 heterocycles. The summed E-state index contributed by atoms with van der Waals surface area (Å²) in [4.78, 5) is 16.7. The molecule has 6 nitrogen and oxygen atoms in total. The van der Waals surface area contributed by atoms with E-state index >= 15 is 0 Å². The highest BCUT2D eigenvalue weighted by atomic mass is 32.1. The van der Waals surface area contributed by atoms with Crippen LogP contribution in [0.3, 0.4) is 0 Å². The molecule has 0 atom stereocenters. The van der Waals surface area contributed by atoms with Crippen molar-refractivity contribution in [1.29, 1.82) is 0 Å². The van der Waals surface area contributed by atoms with Crippen LogP contribution in [0.5, 0.6) is 5.75 Å². The number of hydrogen-bond donors (Lipinski definition) is 1. The second kappa shape index (κ2) is 5.53. The Bertz CT molecular complexity index is 823. The summed E-state index contributed by atoms with van der Waals surface area (Å²) in [5.41, 5.74) is 1.55. The molecule has 0 bridgehead atoms. The molecule has 108 valence electrons. The van der Waals surface area contributed by atoms with Crippen LogP contribution in [0.25, 0.3) is 4.96 Å². The molecule has 0 saturated carbocycles. The van der Waals surface area contributed by atoms with Crippen LogP contribution in [0, 0.1) is 6.92 Å². The van der Waals surface area contributed by atoms with Crippen molar-refractivity contribution < 1.29 is 4.74 Å². The highest BCUT2D eigenvalue weighted by molar-refractivity contribution is 7.16. The Balaban J connectivity index is 1.78. The van der Waals surface area contributed by atoms with Crippen LogP contribution in [0.2, 0.25) is 0 Å². The number of ether oxygens (including phenoxy) is 1. The third-order valence-electron chi connectivity index (χ3n) is 2.92. The van der Waals surface area contributed by atoms with E-state index in [4.69, 9.17) is 4.74 Å². The number of aryl methyl sites for hydroxylation is 1. The van der Waals surface area contributed by atoms with E-state index in [9.17, 15) is 4.79 Å². The molecule has 0 fully saturated rings. The van der Waals surface area contributed by atoms with Gasteiger partial charge in [0, 0.05) is 24.5 Å². The van der Waals surface area contributed by atoms with Crippen molar-refractivity contribution in [1.82, 2.24) is 14.6 Å². The molecule has 7 heteroatoms. The Kier molecular flexibility index (Phi) is 3.57. The third-order valence-corrected chi connectivity index (χ3v) is 3.80. The Hall–Kier alpha value is -2.41. The maximum absolute atomic E-state index is 11.8. The lowest BCUT2D eigenvalue weighted by Gasteiger charge is -2.04. The molecule has 0 radical (unpaired) electrons. The van der Waals surface area contributed by atoms with E-state index in [-0.39, 0.29) is 5.56 Å². The molecule has 0 aliphatic carbocycles. The average molecular weight is 302 g/mol. The molecular weight excluding hydrogens is 288 g/mol. The summed E-state index contributed by atoms with van der Waals surface area (Å²) in [6.45, 7) is 2.10. The second-order valence-electron chi connectivity index (χ2n) is 4.49. The fourth-order valence-electron chi connectivity index (χ4n) is 1.88. The van der Waals surface area contributed by atoms with Gasteiger partial charge in [0.2, 0.25) is 4.96 Å².